The molecule has 1 heterocycles. The molecule has 0 aliphatic heterocycles. The van der Waals surface area contributed by atoms with Gasteiger partial charge in [-0.05, 0) is 43.1 Å². The summed E-state index contributed by atoms with van der Waals surface area (Å²) in [4.78, 5) is 2.75. The van der Waals surface area contributed by atoms with Gasteiger partial charge in [-0.25, -0.2) is 0 Å². The van der Waals surface area contributed by atoms with E-state index in [0.717, 1.165) is 17.6 Å². The molecule has 2 nitrogen and oxygen atoms in total. The molecule has 0 atom stereocenters. The number of rotatable bonds is 8. The van der Waals surface area contributed by atoms with Gasteiger partial charge < -0.3 is 10.1 Å². The van der Waals surface area contributed by atoms with Crippen LogP contribution in [0.4, 0.5) is 0 Å². The van der Waals surface area contributed by atoms with E-state index in [0.29, 0.717) is 13.2 Å². The summed E-state index contributed by atoms with van der Waals surface area (Å²) < 4.78 is 6.97. The molecule has 0 saturated carbocycles. The van der Waals surface area contributed by atoms with Crippen LogP contribution in [0, 0.1) is 6.92 Å². The Morgan fingerprint density at radius 2 is 1.95 bits per heavy atom. The molecule has 0 radical (unpaired) electrons. The van der Waals surface area contributed by atoms with Gasteiger partial charge in [0.2, 0.25) is 0 Å². The summed E-state index contributed by atoms with van der Waals surface area (Å²) in [6, 6.07) is 10.5. The van der Waals surface area contributed by atoms with E-state index in [-0.39, 0.29) is 0 Å². The van der Waals surface area contributed by atoms with Crippen LogP contribution in [0.5, 0.6) is 0 Å². The van der Waals surface area contributed by atoms with Gasteiger partial charge in [-0.2, -0.15) is 0 Å². The van der Waals surface area contributed by atoms with Crippen LogP contribution in [0.3, 0.4) is 0 Å². The number of hydrogen-bond donors (Lipinski definition) is 1. The van der Waals surface area contributed by atoms with Crippen LogP contribution in [-0.2, 0) is 24.5 Å². The van der Waals surface area contributed by atoms with Gasteiger partial charge in [-0.15, -0.1) is 11.3 Å². The average Bonchev–Trinajstić information content (AvgIpc) is 2.82. The topological polar surface area (TPSA) is 21.3 Å². The first-order valence-electron chi connectivity index (χ1n) is 7.30. The average molecular weight is 368 g/mol. The molecule has 0 aliphatic rings. The summed E-state index contributed by atoms with van der Waals surface area (Å²) in [7, 11) is 0. The Bertz CT molecular complexity index is 568. The molecule has 0 unspecified atom stereocenters. The number of benzene rings is 1. The highest BCUT2D eigenvalue weighted by Crippen LogP contribution is 2.23. The highest BCUT2D eigenvalue weighted by Gasteiger charge is 2.06. The van der Waals surface area contributed by atoms with E-state index in [4.69, 9.17) is 4.74 Å². The van der Waals surface area contributed by atoms with Gasteiger partial charge >= 0.3 is 0 Å². The smallest absolute Gasteiger partial charge is 0.0732 e. The molecule has 0 fully saturated rings. The van der Waals surface area contributed by atoms with Crippen LogP contribution in [0.1, 0.15) is 34.2 Å². The maximum atomic E-state index is 5.86. The van der Waals surface area contributed by atoms with E-state index in [1.807, 2.05) is 29.5 Å². The second kappa shape index (κ2) is 8.69. The van der Waals surface area contributed by atoms with Crippen molar-refractivity contribution >= 4 is 27.3 Å². The van der Waals surface area contributed by atoms with Crippen molar-refractivity contribution in [2.75, 3.05) is 6.54 Å². The minimum atomic E-state index is 0.639. The fourth-order valence-corrected chi connectivity index (χ4v) is 3.51. The van der Waals surface area contributed by atoms with E-state index < -0.39 is 0 Å². The molecule has 0 aliphatic carbocycles. The van der Waals surface area contributed by atoms with Crippen molar-refractivity contribution in [3.05, 3.63) is 55.7 Å². The number of aryl methyl sites for hydroxylation is 1. The zero-order valence-corrected chi connectivity index (χ0v) is 15.0. The summed E-state index contributed by atoms with van der Waals surface area (Å²) in [5.74, 6) is 0. The van der Waals surface area contributed by atoms with Crippen molar-refractivity contribution in [3.8, 4) is 0 Å². The van der Waals surface area contributed by atoms with Gasteiger partial charge in [0.15, 0.2) is 0 Å². The van der Waals surface area contributed by atoms with Crippen molar-refractivity contribution in [1.82, 2.24) is 5.32 Å². The van der Waals surface area contributed by atoms with Gasteiger partial charge in [0, 0.05) is 20.8 Å². The van der Waals surface area contributed by atoms with Crippen LogP contribution in [0.25, 0.3) is 0 Å². The van der Waals surface area contributed by atoms with Crippen LogP contribution in [-0.4, -0.2) is 6.54 Å². The number of halogens is 1. The number of nitrogens with one attached hydrogen (secondary N) is 1. The molecule has 0 amide bonds. The van der Waals surface area contributed by atoms with Crippen molar-refractivity contribution in [1.29, 1.82) is 0 Å². The van der Waals surface area contributed by atoms with Crippen molar-refractivity contribution in [3.63, 3.8) is 0 Å². The Hall–Kier alpha value is -0.680. The first-order chi connectivity index (χ1) is 10.2. The van der Waals surface area contributed by atoms with E-state index in [1.54, 1.807) is 0 Å². The predicted octanol–water partition coefficient (Wildman–Crippen LogP) is 5.04. The Morgan fingerprint density at radius 3 is 2.71 bits per heavy atom. The third kappa shape index (κ3) is 5.22. The van der Waals surface area contributed by atoms with Crippen LogP contribution < -0.4 is 5.32 Å². The minimum absolute atomic E-state index is 0.639. The molecule has 1 aromatic carbocycles. The molecule has 0 bridgehead atoms. The van der Waals surface area contributed by atoms with Crippen molar-refractivity contribution in [2.24, 2.45) is 0 Å². The SMILES string of the molecule is CCCNCc1cc(COCc2ccccc2Br)c(C)s1. The van der Waals surface area contributed by atoms with Crippen LogP contribution in [0.2, 0.25) is 0 Å². The molecule has 2 aromatic rings. The van der Waals surface area contributed by atoms with Gasteiger partial charge in [-0.3, -0.25) is 0 Å². The lowest BCUT2D eigenvalue weighted by Crippen LogP contribution is -2.12. The van der Waals surface area contributed by atoms with E-state index >= 15 is 0 Å². The first kappa shape index (κ1) is 16.7. The Labute approximate surface area is 139 Å². The summed E-state index contributed by atoms with van der Waals surface area (Å²) in [5.41, 5.74) is 2.50. The second-order valence-corrected chi connectivity index (χ2v) is 7.25. The highest BCUT2D eigenvalue weighted by molar-refractivity contribution is 9.10. The zero-order chi connectivity index (χ0) is 15.1. The lowest BCUT2D eigenvalue weighted by Gasteiger charge is -2.06. The third-order valence-corrected chi connectivity index (χ3v) is 5.14. The standard InChI is InChI=1S/C17H22BrNOS/c1-3-8-19-10-16-9-15(13(2)21-16)12-20-11-14-6-4-5-7-17(14)18/h4-7,9,19H,3,8,10-12H2,1-2H3. The van der Waals surface area contributed by atoms with E-state index in [1.165, 1.54) is 27.3 Å². The maximum Gasteiger partial charge on any atom is 0.0732 e. The Morgan fingerprint density at radius 1 is 1.19 bits per heavy atom. The van der Waals surface area contributed by atoms with E-state index in [9.17, 15) is 0 Å². The molecule has 2 rings (SSSR count). The normalized spacial score (nSPS) is 11.0. The van der Waals surface area contributed by atoms with Crippen molar-refractivity contribution < 1.29 is 4.74 Å². The number of hydrogen-bond acceptors (Lipinski definition) is 3. The summed E-state index contributed by atoms with van der Waals surface area (Å²) >= 11 is 5.41. The molecular weight excluding hydrogens is 346 g/mol. The fraction of sp³-hybridized carbons (Fsp3) is 0.412. The lowest BCUT2D eigenvalue weighted by molar-refractivity contribution is 0.106. The monoisotopic (exact) mass is 367 g/mol. The molecule has 0 spiro atoms. The molecule has 0 saturated heterocycles. The van der Waals surface area contributed by atoms with Crippen LogP contribution in [0.15, 0.2) is 34.8 Å². The fourth-order valence-electron chi connectivity index (χ4n) is 2.09. The highest BCUT2D eigenvalue weighted by atomic mass is 79.9. The van der Waals surface area contributed by atoms with Gasteiger partial charge in [-0.1, -0.05) is 41.1 Å². The summed E-state index contributed by atoms with van der Waals surface area (Å²) in [6.07, 6.45) is 1.17. The largest absolute Gasteiger partial charge is 0.372 e. The summed E-state index contributed by atoms with van der Waals surface area (Å²) in [6.45, 7) is 7.71. The maximum absolute atomic E-state index is 5.86. The lowest BCUT2D eigenvalue weighted by atomic mass is 10.2. The predicted molar refractivity (Wildman–Crippen MR) is 93.7 cm³/mol. The molecule has 1 aromatic heterocycles. The Balaban J connectivity index is 1.84. The second-order valence-electron chi connectivity index (χ2n) is 5.06. The third-order valence-electron chi connectivity index (χ3n) is 3.27. The van der Waals surface area contributed by atoms with Gasteiger partial charge in [0.25, 0.3) is 0 Å². The van der Waals surface area contributed by atoms with Gasteiger partial charge in [0.1, 0.15) is 0 Å². The molecule has 21 heavy (non-hydrogen) atoms. The number of thiophene rings is 1. The quantitative estimate of drug-likeness (QED) is 0.660. The molecular formula is C17H22BrNOS. The van der Waals surface area contributed by atoms with Crippen LogP contribution >= 0.6 is 27.3 Å². The number of ether oxygens (including phenoxy) is 1. The zero-order valence-electron chi connectivity index (χ0n) is 12.6. The van der Waals surface area contributed by atoms with E-state index in [2.05, 4.69) is 47.2 Å². The van der Waals surface area contributed by atoms with Gasteiger partial charge in [0.05, 0.1) is 13.2 Å². The van der Waals surface area contributed by atoms with Crippen molar-refractivity contribution in [2.45, 2.75) is 40.0 Å². The summed E-state index contributed by atoms with van der Waals surface area (Å²) in [5, 5.41) is 3.44. The molecule has 114 valence electrons. The minimum Gasteiger partial charge on any atom is -0.372 e. The molecule has 4 heteroatoms. The molecule has 1 N–H and O–H groups in total. The Kier molecular flexibility index (Phi) is 6.90. The first-order valence-corrected chi connectivity index (χ1v) is 8.91.